The van der Waals surface area contributed by atoms with Gasteiger partial charge in [-0.25, -0.2) is 13.1 Å². The SMILES string of the molecule is COc1cccc(S(=O)(=O)N[C@H]2CC[C@@H](C(=O)O)C2)c1. The van der Waals surface area contributed by atoms with E-state index in [0.717, 1.165) is 0 Å². The molecule has 0 aliphatic heterocycles. The fourth-order valence-electron chi connectivity index (χ4n) is 2.37. The summed E-state index contributed by atoms with van der Waals surface area (Å²) in [5.74, 6) is -0.871. The quantitative estimate of drug-likeness (QED) is 0.853. The number of aliphatic carboxylic acids is 1. The van der Waals surface area contributed by atoms with Crippen LogP contribution in [0.1, 0.15) is 19.3 Å². The highest BCUT2D eigenvalue weighted by molar-refractivity contribution is 7.89. The molecule has 0 bridgehead atoms. The molecule has 7 heteroatoms. The Bertz CT molecular complexity index is 599. The Labute approximate surface area is 117 Å². The van der Waals surface area contributed by atoms with E-state index < -0.39 is 21.9 Å². The summed E-state index contributed by atoms with van der Waals surface area (Å²) in [7, 11) is -2.18. The van der Waals surface area contributed by atoms with Crippen molar-refractivity contribution < 1.29 is 23.1 Å². The molecule has 110 valence electrons. The van der Waals surface area contributed by atoms with Crippen molar-refractivity contribution in [2.75, 3.05) is 7.11 Å². The second kappa shape index (κ2) is 5.80. The van der Waals surface area contributed by atoms with Crippen molar-refractivity contribution in [3.8, 4) is 5.75 Å². The summed E-state index contributed by atoms with van der Waals surface area (Å²) < 4.78 is 32.0. The molecule has 1 saturated carbocycles. The number of ether oxygens (including phenoxy) is 1. The topological polar surface area (TPSA) is 92.7 Å². The highest BCUT2D eigenvalue weighted by Crippen LogP contribution is 2.27. The Hall–Kier alpha value is -1.60. The Balaban J connectivity index is 2.10. The monoisotopic (exact) mass is 299 g/mol. The molecule has 0 spiro atoms. The van der Waals surface area contributed by atoms with Gasteiger partial charge in [0, 0.05) is 12.1 Å². The summed E-state index contributed by atoms with van der Waals surface area (Å²) in [6.07, 6.45) is 1.37. The molecule has 0 amide bonds. The van der Waals surface area contributed by atoms with Crippen LogP contribution in [0.25, 0.3) is 0 Å². The molecule has 0 unspecified atom stereocenters. The maximum atomic E-state index is 12.2. The Morgan fingerprint density at radius 1 is 1.40 bits per heavy atom. The van der Waals surface area contributed by atoms with E-state index in [9.17, 15) is 13.2 Å². The summed E-state index contributed by atoms with van der Waals surface area (Å²) in [5, 5.41) is 8.92. The summed E-state index contributed by atoms with van der Waals surface area (Å²) in [5.41, 5.74) is 0. The van der Waals surface area contributed by atoms with E-state index in [1.54, 1.807) is 12.1 Å². The standard InChI is InChI=1S/C13H17NO5S/c1-19-11-3-2-4-12(8-11)20(17,18)14-10-6-5-9(7-10)13(15)16/h2-4,8-10,14H,5-7H2,1H3,(H,15,16)/t9-,10+/m1/s1. The smallest absolute Gasteiger partial charge is 0.306 e. The number of hydrogen-bond acceptors (Lipinski definition) is 4. The van der Waals surface area contributed by atoms with Crippen LogP contribution in [0.2, 0.25) is 0 Å². The van der Waals surface area contributed by atoms with Gasteiger partial charge in [0.25, 0.3) is 0 Å². The molecule has 2 N–H and O–H groups in total. The second-order valence-corrected chi connectivity index (χ2v) is 6.56. The maximum absolute atomic E-state index is 12.2. The zero-order valence-electron chi connectivity index (χ0n) is 11.1. The van der Waals surface area contributed by atoms with Crippen LogP contribution in [0.15, 0.2) is 29.2 Å². The zero-order valence-corrected chi connectivity index (χ0v) is 11.9. The lowest BCUT2D eigenvalue weighted by atomic mass is 10.1. The number of carbonyl (C=O) groups is 1. The van der Waals surface area contributed by atoms with E-state index in [4.69, 9.17) is 9.84 Å². The van der Waals surface area contributed by atoms with Gasteiger partial charge in [-0.1, -0.05) is 6.07 Å². The van der Waals surface area contributed by atoms with Gasteiger partial charge in [0.15, 0.2) is 0 Å². The maximum Gasteiger partial charge on any atom is 0.306 e. The van der Waals surface area contributed by atoms with Crippen molar-refractivity contribution in [2.45, 2.75) is 30.2 Å². The highest BCUT2D eigenvalue weighted by Gasteiger charge is 2.32. The predicted molar refractivity (Wildman–Crippen MR) is 72.1 cm³/mol. The van der Waals surface area contributed by atoms with E-state index in [1.807, 2.05) is 0 Å². The van der Waals surface area contributed by atoms with Crippen LogP contribution in [0.3, 0.4) is 0 Å². The van der Waals surface area contributed by atoms with Crippen LogP contribution in [-0.2, 0) is 14.8 Å². The number of benzene rings is 1. The van der Waals surface area contributed by atoms with Crippen molar-refractivity contribution in [1.82, 2.24) is 4.72 Å². The van der Waals surface area contributed by atoms with Gasteiger partial charge in [0.05, 0.1) is 17.9 Å². The van der Waals surface area contributed by atoms with E-state index in [2.05, 4.69) is 4.72 Å². The number of methoxy groups -OCH3 is 1. The first-order valence-electron chi connectivity index (χ1n) is 6.31. The predicted octanol–water partition coefficient (Wildman–Crippen LogP) is 1.23. The largest absolute Gasteiger partial charge is 0.497 e. The van der Waals surface area contributed by atoms with Gasteiger partial charge >= 0.3 is 5.97 Å². The summed E-state index contributed by atoms with van der Waals surface area (Å²) in [6, 6.07) is 5.85. The number of rotatable bonds is 5. The number of hydrogen-bond donors (Lipinski definition) is 2. The molecule has 1 fully saturated rings. The molecule has 0 aromatic heterocycles. The summed E-state index contributed by atoms with van der Waals surface area (Å²) in [4.78, 5) is 11.0. The molecular weight excluding hydrogens is 282 g/mol. The summed E-state index contributed by atoms with van der Waals surface area (Å²) >= 11 is 0. The average Bonchev–Trinajstić information content (AvgIpc) is 2.87. The number of nitrogens with one attached hydrogen (secondary N) is 1. The minimum atomic E-state index is -3.65. The van der Waals surface area contributed by atoms with Crippen molar-refractivity contribution in [3.63, 3.8) is 0 Å². The van der Waals surface area contributed by atoms with Crippen LogP contribution < -0.4 is 9.46 Å². The first-order valence-corrected chi connectivity index (χ1v) is 7.80. The number of sulfonamides is 1. The molecule has 1 aliphatic carbocycles. The van der Waals surface area contributed by atoms with Crippen molar-refractivity contribution in [3.05, 3.63) is 24.3 Å². The fourth-order valence-corrected chi connectivity index (χ4v) is 3.69. The van der Waals surface area contributed by atoms with Gasteiger partial charge < -0.3 is 9.84 Å². The van der Waals surface area contributed by atoms with Crippen LogP contribution in [0.4, 0.5) is 0 Å². The van der Waals surface area contributed by atoms with Crippen molar-refractivity contribution in [1.29, 1.82) is 0 Å². The molecule has 1 aliphatic rings. The molecule has 20 heavy (non-hydrogen) atoms. The molecule has 0 heterocycles. The van der Waals surface area contributed by atoms with Gasteiger partial charge in [-0.3, -0.25) is 4.79 Å². The average molecular weight is 299 g/mol. The molecule has 0 saturated heterocycles. The third-order valence-corrected chi connectivity index (χ3v) is 4.97. The molecule has 2 atom stereocenters. The lowest BCUT2D eigenvalue weighted by Gasteiger charge is -2.13. The van der Waals surface area contributed by atoms with Crippen LogP contribution in [0.5, 0.6) is 5.75 Å². The van der Waals surface area contributed by atoms with E-state index in [-0.39, 0.29) is 10.9 Å². The lowest BCUT2D eigenvalue weighted by molar-refractivity contribution is -0.141. The fraction of sp³-hybridized carbons (Fsp3) is 0.462. The summed E-state index contributed by atoms with van der Waals surface area (Å²) in [6.45, 7) is 0. The van der Waals surface area contributed by atoms with E-state index in [0.29, 0.717) is 25.0 Å². The molecule has 6 nitrogen and oxygen atoms in total. The Kier molecular flexibility index (Phi) is 4.29. The van der Waals surface area contributed by atoms with Gasteiger partial charge in [0.1, 0.15) is 5.75 Å². The number of carboxylic acids is 1. The van der Waals surface area contributed by atoms with Crippen LogP contribution in [-0.4, -0.2) is 32.6 Å². The Morgan fingerprint density at radius 3 is 2.75 bits per heavy atom. The normalized spacial score (nSPS) is 22.6. The molecule has 1 aromatic rings. The van der Waals surface area contributed by atoms with Crippen LogP contribution >= 0.6 is 0 Å². The third kappa shape index (κ3) is 3.29. The van der Waals surface area contributed by atoms with Gasteiger partial charge in [-0.05, 0) is 31.4 Å². The molecule has 1 aromatic carbocycles. The molecular formula is C13H17NO5S. The Morgan fingerprint density at radius 2 is 2.15 bits per heavy atom. The number of carboxylic acid groups (broad SMARTS) is 1. The van der Waals surface area contributed by atoms with E-state index >= 15 is 0 Å². The van der Waals surface area contributed by atoms with Crippen molar-refractivity contribution >= 4 is 16.0 Å². The van der Waals surface area contributed by atoms with Gasteiger partial charge in [-0.2, -0.15) is 0 Å². The molecule has 0 radical (unpaired) electrons. The lowest BCUT2D eigenvalue weighted by Crippen LogP contribution is -2.33. The highest BCUT2D eigenvalue weighted by atomic mass is 32.2. The van der Waals surface area contributed by atoms with Gasteiger partial charge in [-0.15, -0.1) is 0 Å². The first kappa shape index (κ1) is 14.8. The van der Waals surface area contributed by atoms with Crippen molar-refractivity contribution in [2.24, 2.45) is 5.92 Å². The first-order chi connectivity index (χ1) is 9.42. The second-order valence-electron chi connectivity index (χ2n) is 4.85. The minimum absolute atomic E-state index is 0.121. The third-order valence-electron chi connectivity index (χ3n) is 3.46. The molecule has 2 rings (SSSR count). The minimum Gasteiger partial charge on any atom is -0.497 e. The van der Waals surface area contributed by atoms with Gasteiger partial charge in [0.2, 0.25) is 10.0 Å². The van der Waals surface area contributed by atoms with E-state index in [1.165, 1.54) is 19.2 Å². The zero-order chi connectivity index (χ0) is 14.8. The van der Waals surface area contributed by atoms with Crippen LogP contribution in [0, 0.1) is 5.92 Å².